The number of aromatic nitrogens is 2. The Labute approximate surface area is 242 Å². The van der Waals surface area contributed by atoms with Gasteiger partial charge in [0.15, 0.2) is 0 Å². The smallest absolute Gasteiger partial charge is 0.404 e. The van der Waals surface area contributed by atoms with Crippen LogP contribution in [0.1, 0.15) is 6.42 Å². The van der Waals surface area contributed by atoms with Crippen LogP contribution in [0.3, 0.4) is 0 Å². The highest BCUT2D eigenvalue weighted by atomic mass is 19.4. The maximum Gasteiger partial charge on any atom is 0.404 e. The number of anilines is 4. The lowest BCUT2D eigenvalue weighted by molar-refractivity contribution is -0.177. The van der Waals surface area contributed by atoms with E-state index in [1.54, 1.807) is 4.90 Å². The molecule has 3 aromatic rings. The summed E-state index contributed by atoms with van der Waals surface area (Å²) >= 11 is 0. The summed E-state index contributed by atoms with van der Waals surface area (Å²) in [6, 6.07) is 4.93. The summed E-state index contributed by atoms with van der Waals surface area (Å²) in [7, 11) is 1.50. The molecule has 2 N–H and O–H groups in total. The Morgan fingerprint density at radius 3 is 2.40 bits per heavy atom. The van der Waals surface area contributed by atoms with E-state index in [0.717, 1.165) is 18.2 Å². The molecule has 5 rings (SSSR count). The number of amides is 1. The molecular formula is C28H28F6N6O3. The van der Waals surface area contributed by atoms with Crippen molar-refractivity contribution in [2.24, 2.45) is 5.92 Å². The van der Waals surface area contributed by atoms with E-state index in [9.17, 15) is 22.4 Å². The fraction of sp³-hybridized carbons (Fsp3) is 0.393. The Morgan fingerprint density at radius 1 is 1.05 bits per heavy atom. The highest BCUT2D eigenvalue weighted by Gasteiger charge is 2.45. The molecule has 9 nitrogen and oxygen atoms in total. The normalized spacial score (nSPS) is 19.3. The van der Waals surface area contributed by atoms with Gasteiger partial charge in [0.1, 0.15) is 29.0 Å². The average Bonchev–Trinajstić information content (AvgIpc) is 2.97. The largest absolute Gasteiger partial charge is 0.465 e. The SMILES string of the molecule is CN(c1ccc(F)c(-c2c(F)cc(N3CCOCC3)cc2F)n1)c1cnccc1N1C[C@@H](NC(=O)O)C[C@@H](C(F)(F)F)C1. The Kier molecular flexibility index (Phi) is 8.53. The van der Waals surface area contributed by atoms with Crippen molar-refractivity contribution >= 4 is 29.0 Å². The third kappa shape index (κ3) is 6.55. The zero-order valence-corrected chi connectivity index (χ0v) is 22.9. The second-order valence-corrected chi connectivity index (χ2v) is 10.3. The maximum absolute atomic E-state index is 15.3. The molecule has 0 saturated carbocycles. The van der Waals surface area contributed by atoms with Gasteiger partial charge in [-0.1, -0.05) is 0 Å². The van der Waals surface area contributed by atoms with Gasteiger partial charge in [-0.2, -0.15) is 13.2 Å². The number of halogens is 6. The molecule has 2 aliphatic rings. The predicted molar refractivity (Wildman–Crippen MR) is 146 cm³/mol. The summed E-state index contributed by atoms with van der Waals surface area (Å²) in [5.41, 5.74) is -0.427. The number of nitrogens with zero attached hydrogens (tertiary/aromatic N) is 5. The van der Waals surface area contributed by atoms with Crippen molar-refractivity contribution in [3.8, 4) is 11.3 Å². The van der Waals surface area contributed by atoms with Crippen LogP contribution in [0.2, 0.25) is 0 Å². The molecule has 2 aliphatic heterocycles. The van der Waals surface area contributed by atoms with Crippen molar-refractivity contribution in [2.45, 2.75) is 18.6 Å². The maximum atomic E-state index is 15.3. The molecular weight excluding hydrogens is 582 g/mol. The van der Waals surface area contributed by atoms with Crippen molar-refractivity contribution in [3.05, 3.63) is 60.2 Å². The van der Waals surface area contributed by atoms with Gasteiger partial charge in [0.25, 0.3) is 0 Å². The van der Waals surface area contributed by atoms with Crippen LogP contribution < -0.4 is 20.0 Å². The second kappa shape index (κ2) is 12.1. The molecule has 0 unspecified atom stereocenters. The van der Waals surface area contributed by atoms with Gasteiger partial charge in [-0.15, -0.1) is 0 Å². The minimum Gasteiger partial charge on any atom is -0.465 e. The van der Waals surface area contributed by atoms with Crippen LogP contribution in [-0.2, 0) is 4.74 Å². The molecule has 0 spiro atoms. The number of benzene rings is 1. The van der Waals surface area contributed by atoms with Crippen LogP contribution in [0.25, 0.3) is 11.3 Å². The van der Waals surface area contributed by atoms with Crippen molar-refractivity contribution in [1.82, 2.24) is 15.3 Å². The van der Waals surface area contributed by atoms with E-state index in [2.05, 4.69) is 15.3 Å². The van der Waals surface area contributed by atoms with Crippen molar-refractivity contribution in [3.63, 3.8) is 0 Å². The molecule has 15 heteroatoms. The van der Waals surface area contributed by atoms with Gasteiger partial charge in [-0.25, -0.2) is 22.9 Å². The van der Waals surface area contributed by atoms with Crippen molar-refractivity contribution < 1.29 is 41.0 Å². The molecule has 0 radical (unpaired) electrons. The van der Waals surface area contributed by atoms with E-state index in [4.69, 9.17) is 9.84 Å². The average molecular weight is 611 g/mol. The number of piperidine rings is 1. The summed E-state index contributed by atoms with van der Waals surface area (Å²) in [5.74, 6) is -4.79. The zero-order chi connectivity index (χ0) is 30.9. The van der Waals surface area contributed by atoms with E-state index < -0.39 is 65.9 Å². The Morgan fingerprint density at radius 2 is 1.74 bits per heavy atom. The lowest BCUT2D eigenvalue weighted by Crippen LogP contribution is -2.53. The Bertz CT molecular complexity index is 1460. The highest BCUT2D eigenvalue weighted by Crippen LogP contribution is 2.39. The Hall–Kier alpha value is -4.27. The summed E-state index contributed by atoms with van der Waals surface area (Å²) in [5, 5.41) is 11.3. The van der Waals surface area contributed by atoms with Gasteiger partial charge in [-0.3, -0.25) is 4.98 Å². The number of alkyl halides is 3. The van der Waals surface area contributed by atoms with Gasteiger partial charge in [0, 0.05) is 45.1 Å². The van der Waals surface area contributed by atoms with Crippen LogP contribution in [-0.4, -0.2) is 79.8 Å². The summed E-state index contributed by atoms with van der Waals surface area (Å²) in [6.45, 7) is 1.17. The number of hydrogen-bond donors (Lipinski definition) is 2. The zero-order valence-electron chi connectivity index (χ0n) is 22.9. The minimum atomic E-state index is -4.57. The van der Waals surface area contributed by atoms with Gasteiger partial charge in [-0.05, 0) is 36.8 Å². The lowest BCUT2D eigenvalue weighted by Gasteiger charge is -2.40. The van der Waals surface area contributed by atoms with Crippen molar-refractivity contribution in [2.75, 3.05) is 61.1 Å². The molecule has 43 heavy (non-hydrogen) atoms. The van der Waals surface area contributed by atoms with E-state index in [1.807, 2.05) is 0 Å². The van der Waals surface area contributed by atoms with Crippen molar-refractivity contribution in [1.29, 1.82) is 0 Å². The third-order valence-corrected chi connectivity index (χ3v) is 7.54. The first-order valence-corrected chi connectivity index (χ1v) is 13.4. The molecule has 0 bridgehead atoms. The molecule has 1 amide bonds. The standard InChI is InChI=1S/C28H28F6N6O3/c1-38(23-13-35-5-4-22(23)40-14-16(28(32,33)34)10-17(15-40)36-27(41)42)24-3-2-19(29)26(37-24)25-20(30)11-18(12-21(25)31)39-6-8-43-9-7-39/h2-5,11-13,16-17,36H,6-10,14-15H2,1H3,(H,41,42)/t16-,17+/m1/s1. The number of hydrogen-bond acceptors (Lipinski definition) is 7. The number of morpholine rings is 1. The number of carboxylic acid groups (broad SMARTS) is 1. The van der Waals surface area contributed by atoms with Crippen LogP contribution in [0.5, 0.6) is 0 Å². The number of rotatable bonds is 6. The van der Waals surface area contributed by atoms with Crippen LogP contribution in [0, 0.1) is 23.4 Å². The number of ether oxygens (including phenoxy) is 1. The van der Waals surface area contributed by atoms with Gasteiger partial charge in [0.05, 0.1) is 48.3 Å². The number of carbonyl (C=O) groups is 1. The van der Waals surface area contributed by atoms with E-state index >= 15 is 8.78 Å². The number of pyridine rings is 2. The molecule has 4 heterocycles. The monoisotopic (exact) mass is 610 g/mol. The fourth-order valence-corrected chi connectivity index (χ4v) is 5.42. The molecule has 230 valence electrons. The van der Waals surface area contributed by atoms with E-state index in [1.165, 1.54) is 41.4 Å². The quantitative estimate of drug-likeness (QED) is 0.369. The fourth-order valence-electron chi connectivity index (χ4n) is 5.42. The molecule has 2 fully saturated rings. The van der Waals surface area contributed by atoms with Crippen LogP contribution in [0.15, 0.2) is 42.7 Å². The molecule has 2 aromatic heterocycles. The van der Waals surface area contributed by atoms with Crippen LogP contribution in [0.4, 0.5) is 54.0 Å². The van der Waals surface area contributed by atoms with Gasteiger partial charge < -0.3 is 29.9 Å². The third-order valence-electron chi connectivity index (χ3n) is 7.54. The lowest BCUT2D eigenvalue weighted by atomic mass is 9.93. The summed E-state index contributed by atoms with van der Waals surface area (Å²) < 4.78 is 92.1. The minimum absolute atomic E-state index is 0.0336. The van der Waals surface area contributed by atoms with E-state index in [0.29, 0.717) is 26.3 Å². The first-order valence-electron chi connectivity index (χ1n) is 13.4. The number of nitrogens with one attached hydrogen (secondary N) is 1. The Balaban J connectivity index is 1.48. The summed E-state index contributed by atoms with van der Waals surface area (Å²) in [4.78, 5) is 24.0. The van der Waals surface area contributed by atoms with E-state index in [-0.39, 0.29) is 29.4 Å². The molecule has 2 saturated heterocycles. The predicted octanol–water partition coefficient (Wildman–Crippen LogP) is 5.19. The summed E-state index contributed by atoms with van der Waals surface area (Å²) in [6.07, 6.45) is -3.72. The van der Waals surface area contributed by atoms with Crippen LogP contribution >= 0.6 is 0 Å². The first-order chi connectivity index (χ1) is 20.4. The molecule has 2 atom stereocenters. The topological polar surface area (TPSA) is 94.1 Å². The second-order valence-electron chi connectivity index (χ2n) is 10.3. The molecule has 0 aliphatic carbocycles. The highest BCUT2D eigenvalue weighted by molar-refractivity contribution is 5.76. The van der Waals surface area contributed by atoms with Gasteiger partial charge >= 0.3 is 12.3 Å². The van der Waals surface area contributed by atoms with Gasteiger partial charge in [0.2, 0.25) is 0 Å². The first kappa shape index (κ1) is 30.2. The molecule has 1 aromatic carbocycles.